The van der Waals surface area contributed by atoms with Gasteiger partial charge in [0, 0.05) is 22.9 Å². The minimum absolute atomic E-state index is 0.0890. The van der Waals surface area contributed by atoms with Crippen molar-refractivity contribution in [1.29, 1.82) is 0 Å². The van der Waals surface area contributed by atoms with Gasteiger partial charge in [0.2, 0.25) is 11.8 Å². The van der Waals surface area contributed by atoms with E-state index in [1.165, 1.54) is 35.2 Å². The fraction of sp³-hybridized carbons (Fsp3) is 0.214. The third-order valence-electron chi connectivity index (χ3n) is 3.22. The van der Waals surface area contributed by atoms with Crippen molar-refractivity contribution in [2.24, 2.45) is 0 Å². The average Bonchev–Trinajstić information content (AvgIpc) is 3.05. The third kappa shape index (κ3) is 3.94. The van der Waals surface area contributed by atoms with Gasteiger partial charge in [0.05, 0.1) is 22.1 Å². The van der Waals surface area contributed by atoms with Crippen LogP contribution in [0, 0.1) is 0 Å². The molecule has 0 atom stereocenters. The van der Waals surface area contributed by atoms with Crippen LogP contribution in [0.1, 0.15) is 6.42 Å². The normalized spacial score (nSPS) is 13.9. The number of carbonyl (C=O) groups excluding carboxylic acids is 2. The Morgan fingerprint density at radius 1 is 1.38 bits per heavy atom. The van der Waals surface area contributed by atoms with Crippen LogP contribution in [0.3, 0.4) is 0 Å². The van der Waals surface area contributed by atoms with Crippen LogP contribution in [-0.4, -0.2) is 36.7 Å². The highest BCUT2D eigenvalue weighted by atomic mass is 32.2. The van der Waals surface area contributed by atoms with Gasteiger partial charge in [0.1, 0.15) is 0 Å². The van der Waals surface area contributed by atoms with Gasteiger partial charge in [-0.15, -0.1) is 23.1 Å². The van der Waals surface area contributed by atoms with Crippen molar-refractivity contribution in [3.8, 4) is 0 Å². The molecular weight excluding hydrogens is 370 g/mol. The molecule has 3 rings (SSSR count). The first-order valence-electron chi connectivity index (χ1n) is 6.93. The van der Waals surface area contributed by atoms with Crippen LogP contribution in [0.15, 0.2) is 39.6 Å². The summed E-state index contributed by atoms with van der Waals surface area (Å²) in [6, 6.07) is 4.60. The fourth-order valence-electron chi connectivity index (χ4n) is 2.07. The van der Waals surface area contributed by atoms with E-state index in [0.717, 1.165) is 4.90 Å². The molecule has 126 valence electrons. The maximum absolute atomic E-state index is 12.4. The monoisotopic (exact) mass is 383 g/mol. The molecule has 2 N–H and O–H groups in total. The zero-order valence-corrected chi connectivity index (χ0v) is 14.8. The number of benzene rings is 1. The van der Waals surface area contributed by atoms with Gasteiger partial charge in [-0.2, -0.15) is 0 Å². The van der Waals surface area contributed by atoms with E-state index in [1.807, 2.05) is 0 Å². The minimum Gasteiger partial charge on any atom is -0.324 e. The molecule has 1 aromatic heterocycles. The standard InChI is InChI=1S/C14H13N3O4S3/c18-12(17-14-15-4-5-22-14)3-6-24(20,21)9-1-2-11-10(7-9)16-13(19)8-23-11/h1-2,4-5,7H,3,6,8H2,(H,16,19)(H,15,17,18). The zero-order chi connectivity index (χ0) is 17.2. The van der Waals surface area contributed by atoms with Gasteiger partial charge < -0.3 is 10.6 Å². The lowest BCUT2D eigenvalue weighted by Gasteiger charge is -2.17. The van der Waals surface area contributed by atoms with E-state index >= 15 is 0 Å². The summed E-state index contributed by atoms with van der Waals surface area (Å²) < 4.78 is 24.8. The minimum atomic E-state index is -3.62. The molecule has 0 radical (unpaired) electrons. The number of hydrogen-bond donors (Lipinski definition) is 2. The molecule has 0 bridgehead atoms. The molecule has 10 heteroatoms. The fourth-order valence-corrected chi connectivity index (χ4v) is 4.66. The van der Waals surface area contributed by atoms with Crippen LogP contribution >= 0.6 is 23.1 Å². The lowest BCUT2D eigenvalue weighted by molar-refractivity contribution is -0.116. The lowest BCUT2D eigenvalue weighted by atomic mass is 10.3. The Bertz CT molecular complexity index is 879. The molecule has 0 aliphatic carbocycles. The van der Waals surface area contributed by atoms with Crippen LogP contribution in [0.2, 0.25) is 0 Å². The van der Waals surface area contributed by atoms with Crippen molar-refractivity contribution in [3.05, 3.63) is 29.8 Å². The molecule has 2 heterocycles. The maximum Gasteiger partial charge on any atom is 0.234 e. The Hall–Kier alpha value is -1.91. The van der Waals surface area contributed by atoms with Crippen molar-refractivity contribution in [3.63, 3.8) is 0 Å². The van der Waals surface area contributed by atoms with Gasteiger partial charge >= 0.3 is 0 Å². The number of aromatic nitrogens is 1. The van der Waals surface area contributed by atoms with E-state index in [2.05, 4.69) is 15.6 Å². The third-order valence-corrected chi connectivity index (χ3v) is 6.70. The summed E-state index contributed by atoms with van der Waals surface area (Å²) in [6.45, 7) is 0. The second-order valence-corrected chi connectivity index (χ2v) is 8.97. The van der Waals surface area contributed by atoms with Crippen molar-refractivity contribution in [2.75, 3.05) is 22.1 Å². The first-order chi connectivity index (χ1) is 11.4. The van der Waals surface area contributed by atoms with E-state index in [0.29, 0.717) is 16.6 Å². The molecule has 0 saturated heterocycles. The molecule has 1 aromatic carbocycles. The summed E-state index contributed by atoms with van der Waals surface area (Å²) in [7, 11) is -3.62. The van der Waals surface area contributed by atoms with Crippen molar-refractivity contribution < 1.29 is 18.0 Å². The second kappa shape index (κ2) is 6.91. The predicted octanol–water partition coefficient (Wildman–Crippen LogP) is 1.99. The van der Waals surface area contributed by atoms with Gasteiger partial charge in [0.25, 0.3) is 0 Å². The number of anilines is 2. The smallest absolute Gasteiger partial charge is 0.234 e. The van der Waals surface area contributed by atoms with Crippen LogP contribution in [0.25, 0.3) is 0 Å². The Kier molecular flexibility index (Phi) is 4.88. The Morgan fingerprint density at radius 2 is 2.21 bits per heavy atom. The number of fused-ring (bicyclic) bond motifs is 1. The summed E-state index contributed by atoms with van der Waals surface area (Å²) in [5, 5.41) is 7.35. The first kappa shape index (κ1) is 16.9. The number of sulfone groups is 1. The number of carbonyl (C=O) groups is 2. The van der Waals surface area contributed by atoms with Crippen molar-refractivity contribution >= 4 is 55.6 Å². The maximum atomic E-state index is 12.4. The molecule has 0 fully saturated rings. The van der Waals surface area contributed by atoms with Crippen LogP contribution in [-0.2, 0) is 19.4 Å². The SMILES string of the molecule is O=C(CCS(=O)(=O)c1ccc2c(c1)NC(=O)CS2)Nc1nccs1. The highest BCUT2D eigenvalue weighted by Crippen LogP contribution is 2.33. The van der Waals surface area contributed by atoms with E-state index < -0.39 is 15.7 Å². The molecule has 1 aliphatic rings. The number of thiazole rings is 1. The number of nitrogens with one attached hydrogen (secondary N) is 2. The summed E-state index contributed by atoms with van der Waals surface area (Å²) >= 11 is 2.62. The second-order valence-electron chi connectivity index (χ2n) is 4.95. The number of amides is 2. The summed E-state index contributed by atoms with van der Waals surface area (Å²) in [5.41, 5.74) is 0.490. The summed E-state index contributed by atoms with van der Waals surface area (Å²) in [4.78, 5) is 28.0. The van der Waals surface area contributed by atoms with Crippen LogP contribution in [0.5, 0.6) is 0 Å². The van der Waals surface area contributed by atoms with Gasteiger partial charge in [-0.3, -0.25) is 9.59 Å². The van der Waals surface area contributed by atoms with Gasteiger partial charge in [-0.1, -0.05) is 0 Å². The molecule has 2 amide bonds. The van der Waals surface area contributed by atoms with Gasteiger partial charge in [-0.25, -0.2) is 13.4 Å². The van der Waals surface area contributed by atoms with Gasteiger partial charge in [-0.05, 0) is 18.2 Å². The number of nitrogens with zero attached hydrogens (tertiary/aromatic N) is 1. The molecule has 0 saturated carbocycles. The van der Waals surface area contributed by atoms with Crippen molar-refractivity contribution in [1.82, 2.24) is 4.98 Å². The Balaban J connectivity index is 1.68. The predicted molar refractivity (Wildman–Crippen MR) is 93.2 cm³/mol. The number of thioether (sulfide) groups is 1. The average molecular weight is 383 g/mol. The van der Waals surface area contributed by atoms with E-state index in [9.17, 15) is 18.0 Å². The molecule has 7 nitrogen and oxygen atoms in total. The molecule has 24 heavy (non-hydrogen) atoms. The topological polar surface area (TPSA) is 105 Å². The van der Waals surface area contributed by atoms with Crippen molar-refractivity contribution in [2.45, 2.75) is 16.2 Å². The highest BCUT2D eigenvalue weighted by molar-refractivity contribution is 8.00. The Labute approximate surface area is 146 Å². The Morgan fingerprint density at radius 3 is 2.96 bits per heavy atom. The van der Waals surface area contributed by atoms with Crippen LogP contribution < -0.4 is 10.6 Å². The van der Waals surface area contributed by atoms with E-state index in [1.54, 1.807) is 17.6 Å². The van der Waals surface area contributed by atoms with Gasteiger partial charge in [0.15, 0.2) is 15.0 Å². The summed E-state index contributed by atoms with van der Waals surface area (Å²) in [6.07, 6.45) is 1.39. The highest BCUT2D eigenvalue weighted by Gasteiger charge is 2.21. The largest absolute Gasteiger partial charge is 0.324 e. The molecule has 0 spiro atoms. The summed E-state index contributed by atoms with van der Waals surface area (Å²) in [5.74, 6) is -0.569. The quantitative estimate of drug-likeness (QED) is 0.818. The zero-order valence-electron chi connectivity index (χ0n) is 12.3. The number of rotatable bonds is 5. The van der Waals surface area contributed by atoms with Crippen LogP contribution in [0.4, 0.5) is 10.8 Å². The molecule has 1 aliphatic heterocycles. The lowest BCUT2D eigenvalue weighted by Crippen LogP contribution is -2.20. The van der Waals surface area contributed by atoms with E-state index in [4.69, 9.17) is 0 Å². The molecule has 2 aromatic rings. The van der Waals surface area contributed by atoms with E-state index in [-0.39, 0.29) is 23.0 Å². The number of hydrogen-bond acceptors (Lipinski definition) is 7. The molecule has 0 unspecified atom stereocenters. The first-order valence-corrected chi connectivity index (χ1v) is 10.4. The molecular formula is C14H13N3O4S3.